The number of furan rings is 1. The highest BCUT2D eigenvalue weighted by Crippen LogP contribution is 2.36. The van der Waals surface area contributed by atoms with E-state index < -0.39 is 20.9 Å². The smallest absolute Gasteiger partial charge is 0.272 e. The molecule has 1 aliphatic carbocycles. The number of aryl methyl sites for hydroxylation is 2. The number of rotatable bonds is 7. The number of ether oxygens (including phenoxy) is 1. The van der Waals surface area contributed by atoms with Crippen molar-refractivity contribution in [2.75, 3.05) is 10.9 Å². The molecular weight excluding hydrogens is 496 g/mol. The molecule has 9 nitrogen and oxygen atoms in total. The van der Waals surface area contributed by atoms with Crippen LogP contribution in [0, 0.1) is 10.1 Å². The molecule has 5 rings (SSSR count). The Balaban J connectivity index is 1.64. The quantitative estimate of drug-likeness (QED) is 0.228. The van der Waals surface area contributed by atoms with Gasteiger partial charge in [0.05, 0.1) is 22.1 Å². The molecule has 190 valence electrons. The first kappa shape index (κ1) is 24.5. The summed E-state index contributed by atoms with van der Waals surface area (Å²) < 4.78 is 39.9. The van der Waals surface area contributed by atoms with Gasteiger partial charge in [-0.2, -0.15) is 4.31 Å². The Kier molecular flexibility index (Phi) is 6.43. The van der Waals surface area contributed by atoms with Crippen molar-refractivity contribution in [2.45, 2.75) is 37.5 Å². The highest BCUT2D eigenvalue weighted by atomic mass is 32.2. The van der Waals surface area contributed by atoms with Crippen LogP contribution in [0.2, 0.25) is 0 Å². The summed E-state index contributed by atoms with van der Waals surface area (Å²) in [6.07, 6.45) is 3.65. The molecular formula is C27H24N2O7S. The minimum absolute atomic E-state index is 0.00516. The standard InChI is InChI=1S/C27H24N2O7S/c1-2-35-21-12-14-22(15-13-21)37(33,34)28(27(30)18-7-9-19(10-8-18)29(31)32)20-11-16-26-24(17-20)23-5-3-4-6-25(23)36-26/h7-17H,2-6H2,1H3. The van der Waals surface area contributed by atoms with E-state index in [-0.39, 0.29) is 21.8 Å². The van der Waals surface area contributed by atoms with Gasteiger partial charge in [0, 0.05) is 35.1 Å². The first-order chi connectivity index (χ1) is 17.8. The predicted molar refractivity (Wildman–Crippen MR) is 138 cm³/mol. The van der Waals surface area contributed by atoms with Crippen LogP contribution < -0.4 is 9.04 Å². The normalized spacial score (nSPS) is 13.2. The Labute approximate surface area is 213 Å². The van der Waals surface area contributed by atoms with Crippen LogP contribution >= 0.6 is 0 Å². The Morgan fingerprint density at radius 1 is 1.03 bits per heavy atom. The summed E-state index contributed by atoms with van der Waals surface area (Å²) >= 11 is 0. The number of fused-ring (bicyclic) bond motifs is 3. The summed E-state index contributed by atoms with van der Waals surface area (Å²) in [6, 6.07) is 15.5. The van der Waals surface area contributed by atoms with Gasteiger partial charge in [-0.25, -0.2) is 8.42 Å². The lowest BCUT2D eigenvalue weighted by atomic mass is 9.96. The number of hydrogen-bond donors (Lipinski definition) is 0. The lowest BCUT2D eigenvalue weighted by Crippen LogP contribution is -2.37. The fraction of sp³-hybridized carbons (Fsp3) is 0.222. The van der Waals surface area contributed by atoms with Crippen LogP contribution in [0.5, 0.6) is 5.75 Å². The van der Waals surface area contributed by atoms with Crippen molar-refractivity contribution < 1.29 is 27.3 Å². The fourth-order valence-corrected chi connectivity index (χ4v) is 5.97. The second-order valence-electron chi connectivity index (χ2n) is 8.67. The summed E-state index contributed by atoms with van der Waals surface area (Å²) in [7, 11) is -4.37. The minimum atomic E-state index is -4.37. The first-order valence-electron chi connectivity index (χ1n) is 11.9. The van der Waals surface area contributed by atoms with Crippen molar-refractivity contribution in [1.29, 1.82) is 0 Å². The predicted octanol–water partition coefficient (Wildman–Crippen LogP) is 5.65. The average molecular weight is 521 g/mol. The lowest BCUT2D eigenvalue weighted by molar-refractivity contribution is -0.384. The van der Waals surface area contributed by atoms with E-state index in [4.69, 9.17) is 9.15 Å². The van der Waals surface area contributed by atoms with E-state index in [0.717, 1.165) is 46.7 Å². The van der Waals surface area contributed by atoms with Crippen molar-refractivity contribution in [1.82, 2.24) is 0 Å². The number of benzene rings is 3. The highest BCUT2D eigenvalue weighted by molar-refractivity contribution is 7.93. The summed E-state index contributed by atoms with van der Waals surface area (Å²) in [5, 5.41) is 11.8. The molecule has 0 unspecified atom stereocenters. The number of carbonyl (C=O) groups excluding carboxylic acids is 1. The van der Waals surface area contributed by atoms with E-state index in [2.05, 4.69) is 0 Å². The molecule has 0 saturated carbocycles. The van der Waals surface area contributed by atoms with Crippen LogP contribution in [0.25, 0.3) is 11.0 Å². The minimum Gasteiger partial charge on any atom is -0.494 e. The molecule has 1 heterocycles. The third kappa shape index (κ3) is 4.55. The van der Waals surface area contributed by atoms with Gasteiger partial charge >= 0.3 is 0 Å². The van der Waals surface area contributed by atoms with Gasteiger partial charge in [0.15, 0.2) is 0 Å². The maximum atomic E-state index is 13.9. The van der Waals surface area contributed by atoms with Gasteiger partial charge in [-0.05, 0) is 80.8 Å². The summed E-state index contributed by atoms with van der Waals surface area (Å²) in [4.78, 5) is 24.1. The number of non-ortho nitro benzene ring substituents is 1. The van der Waals surface area contributed by atoms with E-state index in [1.807, 2.05) is 6.92 Å². The number of nitro groups is 1. The molecule has 3 aromatic carbocycles. The Hall–Kier alpha value is -4.18. The lowest BCUT2D eigenvalue weighted by Gasteiger charge is -2.23. The van der Waals surface area contributed by atoms with E-state index >= 15 is 0 Å². The van der Waals surface area contributed by atoms with E-state index in [9.17, 15) is 23.3 Å². The number of hydrogen-bond acceptors (Lipinski definition) is 7. The van der Waals surface area contributed by atoms with E-state index in [1.165, 1.54) is 54.6 Å². The van der Waals surface area contributed by atoms with Crippen molar-refractivity contribution >= 4 is 38.3 Å². The zero-order valence-electron chi connectivity index (χ0n) is 20.0. The van der Waals surface area contributed by atoms with Gasteiger partial charge < -0.3 is 9.15 Å². The van der Waals surface area contributed by atoms with E-state index in [1.54, 1.807) is 12.1 Å². The van der Waals surface area contributed by atoms with Gasteiger partial charge in [0.2, 0.25) is 0 Å². The number of amides is 1. The van der Waals surface area contributed by atoms with Crippen LogP contribution in [0.4, 0.5) is 11.4 Å². The van der Waals surface area contributed by atoms with Crippen LogP contribution in [0.3, 0.4) is 0 Å². The number of sulfonamides is 1. The molecule has 1 aromatic heterocycles. The number of nitrogens with zero attached hydrogens (tertiary/aromatic N) is 2. The third-order valence-electron chi connectivity index (χ3n) is 6.36. The molecule has 0 aliphatic heterocycles. The maximum absolute atomic E-state index is 13.9. The van der Waals surface area contributed by atoms with Gasteiger partial charge in [-0.3, -0.25) is 14.9 Å². The van der Waals surface area contributed by atoms with Crippen molar-refractivity contribution in [3.8, 4) is 5.75 Å². The molecule has 0 bridgehead atoms. The molecule has 0 spiro atoms. The second-order valence-corrected chi connectivity index (χ2v) is 10.5. The topological polar surface area (TPSA) is 120 Å². The molecule has 0 N–H and O–H groups in total. The number of nitro benzene ring substituents is 1. The zero-order chi connectivity index (χ0) is 26.2. The summed E-state index contributed by atoms with van der Waals surface area (Å²) in [5.74, 6) is 0.558. The zero-order valence-corrected chi connectivity index (χ0v) is 20.9. The Bertz CT molecular complexity index is 1590. The van der Waals surface area contributed by atoms with Crippen molar-refractivity contribution in [3.63, 3.8) is 0 Å². The van der Waals surface area contributed by atoms with Crippen LogP contribution in [-0.4, -0.2) is 25.9 Å². The molecule has 1 amide bonds. The Morgan fingerprint density at radius 2 is 1.73 bits per heavy atom. The molecule has 1 aliphatic rings. The van der Waals surface area contributed by atoms with Crippen molar-refractivity contribution in [3.05, 3.63) is 93.7 Å². The molecule has 0 fully saturated rings. The van der Waals surface area contributed by atoms with Gasteiger partial charge in [0.25, 0.3) is 21.6 Å². The first-order valence-corrected chi connectivity index (χ1v) is 13.3. The maximum Gasteiger partial charge on any atom is 0.272 e. The molecule has 0 atom stereocenters. The van der Waals surface area contributed by atoms with Gasteiger partial charge in [0.1, 0.15) is 17.1 Å². The van der Waals surface area contributed by atoms with Gasteiger partial charge in [-0.1, -0.05) is 0 Å². The number of carbonyl (C=O) groups is 1. The van der Waals surface area contributed by atoms with Crippen LogP contribution in [0.1, 0.15) is 41.4 Å². The molecule has 4 aromatic rings. The molecule has 37 heavy (non-hydrogen) atoms. The van der Waals surface area contributed by atoms with Crippen LogP contribution in [0.15, 0.2) is 76.0 Å². The molecule has 0 saturated heterocycles. The molecule has 10 heteroatoms. The molecule has 0 radical (unpaired) electrons. The average Bonchev–Trinajstić information content (AvgIpc) is 3.27. The fourth-order valence-electron chi connectivity index (χ4n) is 4.57. The SMILES string of the molecule is CCOc1ccc(S(=O)(=O)N(C(=O)c2ccc([N+](=O)[O-])cc2)c2ccc3oc4c(c3c2)CCCC4)cc1. The third-order valence-corrected chi connectivity index (χ3v) is 8.08. The second kappa shape index (κ2) is 9.70. The summed E-state index contributed by atoms with van der Waals surface area (Å²) in [6.45, 7) is 2.24. The highest BCUT2D eigenvalue weighted by Gasteiger charge is 2.33. The van der Waals surface area contributed by atoms with Gasteiger partial charge in [-0.15, -0.1) is 0 Å². The largest absolute Gasteiger partial charge is 0.494 e. The summed E-state index contributed by atoms with van der Waals surface area (Å²) in [5.41, 5.74) is 1.61. The van der Waals surface area contributed by atoms with Crippen molar-refractivity contribution in [2.24, 2.45) is 0 Å². The number of anilines is 1. The monoisotopic (exact) mass is 520 g/mol. The van der Waals surface area contributed by atoms with Crippen LogP contribution in [-0.2, 0) is 22.9 Å². The van der Waals surface area contributed by atoms with E-state index in [0.29, 0.717) is 17.9 Å². The Morgan fingerprint density at radius 3 is 2.41 bits per heavy atom.